The van der Waals surface area contributed by atoms with Crippen LogP contribution in [0.15, 0.2) is 12.4 Å². The van der Waals surface area contributed by atoms with Crippen LogP contribution in [0.5, 0.6) is 0 Å². The summed E-state index contributed by atoms with van der Waals surface area (Å²) >= 11 is 1.28. The Hall–Kier alpha value is -1.27. The molecule has 5 nitrogen and oxygen atoms in total. The van der Waals surface area contributed by atoms with Gasteiger partial charge in [0.2, 0.25) is 0 Å². The average molecular weight is 266 g/mol. The van der Waals surface area contributed by atoms with E-state index >= 15 is 0 Å². The molecule has 0 spiro atoms. The molecule has 1 atom stereocenters. The molecule has 2 rings (SSSR count). The zero-order chi connectivity index (χ0) is 13.0. The summed E-state index contributed by atoms with van der Waals surface area (Å²) in [4.78, 5) is 5.17. The van der Waals surface area contributed by atoms with Crippen LogP contribution in [0.4, 0.5) is 0 Å². The fourth-order valence-electron chi connectivity index (χ4n) is 1.95. The standard InChI is InChI=1S/C12H18N4OS/c1-3-6-16-7-5-13-11(16)8-10(17)12-9(4-2)14-15-18-12/h5,7,10,17H,3-4,6,8H2,1-2H3. The van der Waals surface area contributed by atoms with Crippen LogP contribution in [0.3, 0.4) is 0 Å². The molecule has 1 N–H and O–H groups in total. The fourth-order valence-corrected chi connectivity index (χ4v) is 2.68. The molecule has 0 aliphatic rings. The van der Waals surface area contributed by atoms with Gasteiger partial charge < -0.3 is 9.67 Å². The maximum atomic E-state index is 10.3. The lowest BCUT2D eigenvalue weighted by Crippen LogP contribution is -2.09. The van der Waals surface area contributed by atoms with Crippen LogP contribution in [0.1, 0.15) is 42.8 Å². The predicted octanol–water partition coefficient (Wildman–Crippen LogP) is 1.98. The van der Waals surface area contributed by atoms with Crippen molar-refractivity contribution in [3.8, 4) is 0 Å². The monoisotopic (exact) mass is 266 g/mol. The molecule has 6 heteroatoms. The van der Waals surface area contributed by atoms with Crippen LogP contribution in [0.2, 0.25) is 0 Å². The first kappa shape index (κ1) is 13.2. The largest absolute Gasteiger partial charge is 0.387 e. The van der Waals surface area contributed by atoms with Crippen molar-refractivity contribution in [2.45, 2.75) is 45.8 Å². The number of aliphatic hydroxyl groups excluding tert-OH is 1. The van der Waals surface area contributed by atoms with Crippen molar-refractivity contribution in [1.82, 2.24) is 19.1 Å². The Labute approximate surface area is 111 Å². The van der Waals surface area contributed by atoms with E-state index in [1.54, 1.807) is 6.20 Å². The van der Waals surface area contributed by atoms with Gasteiger partial charge in [0, 0.05) is 25.4 Å². The van der Waals surface area contributed by atoms with E-state index < -0.39 is 6.10 Å². The second-order valence-corrected chi connectivity index (χ2v) is 4.98. The molecule has 0 saturated carbocycles. The Morgan fingerprint density at radius 3 is 3.00 bits per heavy atom. The lowest BCUT2D eigenvalue weighted by atomic mass is 10.1. The lowest BCUT2D eigenvalue weighted by molar-refractivity contribution is 0.177. The lowest BCUT2D eigenvalue weighted by Gasteiger charge is -2.11. The second kappa shape index (κ2) is 6.06. The normalized spacial score (nSPS) is 12.8. The minimum atomic E-state index is -0.557. The van der Waals surface area contributed by atoms with Crippen molar-refractivity contribution >= 4 is 11.5 Å². The van der Waals surface area contributed by atoms with Gasteiger partial charge >= 0.3 is 0 Å². The SMILES string of the molecule is CCCn1ccnc1CC(O)c1snnc1CC. The highest BCUT2D eigenvalue weighted by molar-refractivity contribution is 7.05. The minimum Gasteiger partial charge on any atom is -0.387 e. The Balaban J connectivity index is 2.11. The quantitative estimate of drug-likeness (QED) is 0.868. The van der Waals surface area contributed by atoms with Crippen molar-refractivity contribution in [2.75, 3.05) is 0 Å². The molecule has 0 amide bonds. The second-order valence-electron chi connectivity index (χ2n) is 4.19. The summed E-state index contributed by atoms with van der Waals surface area (Å²) < 4.78 is 5.99. The summed E-state index contributed by atoms with van der Waals surface area (Å²) in [6, 6.07) is 0. The predicted molar refractivity (Wildman–Crippen MR) is 70.5 cm³/mol. The third-order valence-corrected chi connectivity index (χ3v) is 3.73. The van der Waals surface area contributed by atoms with Gasteiger partial charge in [-0.15, -0.1) is 5.10 Å². The smallest absolute Gasteiger partial charge is 0.111 e. The van der Waals surface area contributed by atoms with E-state index in [9.17, 15) is 5.11 Å². The summed E-state index contributed by atoms with van der Waals surface area (Å²) in [7, 11) is 0. The van der Waals surface area contributed by atoms with Gasteiger partial charge in [-0.3, -0.25) is 0 Å². The van der Waals surface area contributed by atoms with Crippen LogP contribution in [0.25, 0.3) is 0 Å². The van der Waals surface area contributed by atoms with Crippen molar-refractivity contribution in [1.29, 1.82) is 0 Å². The third kappa shape index (κ3) is 2.76. The molecule has 0 aliphatic carbocycles. The average Bonchev–Trinajstić information content (AvgIpc) is 2.98. The molecule has 18 heavy (non-hydrogen) atoms. The van der Waals surface area contributed by atoms with Gasteiger partial charge in [0.05, 0.1) is 16.7 Å². The highest BCUT2D eigenvalue weighted by Gasteiger charge is 2.18. The summed E-state index contributed by atoms with van der Waals surface area (Å²) in [5, 5.41) is 14.3. The van der Waals surface area contributed by atoms with E-state index in [1.165, 1.54) is 11.5 Å². The van der Waals surface area contributed by atoms with E-state index in [-0.39, 0.29) is 0 Å². The zero-order valence-corrected chi connectivity index (χ0v) is 11.5. The molecular formula is C12H18N4OS. The first-order valence-electron chi connectivity index (χ1n) is 6.25. The maximum absolute atomic E-state index is 10.3. The maximum Gasteiger partial charge on any atom is 0.111 e. The number of hydrogen-bond acceptors (Lipinski definition) is 5. The number of aliphatic hydroxyl groups is 1. The minimum absolute atomic E-state index is 0.518. The first-order chi connectivity index (χ1) is 8.76. The summed E-state index contributed by atoms with van der Waals surface area (Å²) in [6.07, 6.45) is 5.55. The van der Waals surface area contributed by atoms with Gasteiger partial charge in [0.15, 0.2) is 0 Å². The fraction of sp³-hybridized carbons (Fsp3) is 0.583. The van der Waals surface area contributed by atoms with E-state index in [4.69, 9.17) is 0 Å². The van der Waals surface area contributed by atoms with Crippen molar-refractivity contribution < 1.29 is 5.11 Å². The van der Waals surface area contributed by atoms with Crippen LogP contribution in [0, 0.1) is 0 Å². The zero-order valence-electron chi connectivity index (χ0n) is 10.7. The highest BCUT2D eigenvalue weighted by Crippen LogP contribution is 2.23. The summed E-state index contributed by atoms with van der Waals surface area (Å²) in [6.45, 7) is 5.08. The van der Waals surface area contributed by atoms with E-state index in [1.807, 2.05) is 13.1 Å². The first-order valence-corrected chi connectivity index (χ1v) is 7.02. The number of hydrogen-bond donors (Lipinski definition) is 1. The topological polar surface area (TPSA) is 63.8 Å². The number of nitrogens with zero attached hydrogens (tertiary/aromatic N) is 4. The van der Waals surface area contributed by atoms with Crippen LogP contribution in [-0.2, 0) is 19.4 Å². The van der Waals surface area contributed by atoms with Crippen molar-refractivity contribution in [2.24, 2.45) is 0 Å². The Morgan fingerprint density at radius 2 is 2.28 bits per heavy atom. The Kier molecular flexibility index (Phi) is 4.43. The molecule has 0 fully saturated rings. The molecule has 0 radical (unpaired) electrons. The Bertz CT molecular complexity index is 494. The van der Waals surface area contributed by atoms with Crippen molar-refractivity contribution in [3.05, 3.63) is 28.8 Å². The molecule has 0 saturated heterocycles. The van der Waals surface area contributed by atoms with E-state index in [0.717, 1.165) is 35.8 Å². The molecule has 0 bridgehead atoms. The molecule has 0 aromatic carbocycles. The number of aromatic nitrogens is 4. The molecule has 2 aromatic heterocycles. The highest BCUT2D eigenvalue weighted by atomic mass is 32.1. The molecule has 0 aliphatic heterocycles. The molecular weight excluding hydrogens is 248 g/mol. The van der Waals surface area contributed by atoms with E-state index in [0.29, 0.717) is 6.42 Å². The van der Waals surface area contributed by atoms with Gasteiger partial charge in [-0.2, -0.15) is 0 Å². The van der Waals surface area contributed by atoms with Gasteiger partial charge in [-0.1, -0.05) is 18.3 Å². The van der Waals surface area contributed by atoms with Gasteiger partial charge in [0.1, 0.15) is 5.82 Å². The van der Waals surface area contributed by atoms with E-state index in [2.05, 4.69) is 26.1 Å². The summed E-state index contributed by atoms with van der Waals surface area (Å²) in [5.74, 6) is 0.916. The summed E-state index contributed by atoms with van der Waals surface area (Å²) in [5.41, 5.74) is 0.890. The van der Waals surface area contributed by atoms with Crippen LogP contribution >= 0.6 is 11.5 Å². The Morgan fingerprint density at radius 1 is 1.44 bits per heavy atom. The molecule has 2 heterocycles. The van der Waals surface area contributed by atoms with Gasteiger partial charge in [-0.05, 0) is 24.4 Å². The van der Waals surface area contributed by atoms with Gasteiger partial charge in [0.25, 0.3) is 0 Å². The molecule has 98 valence electrons. The van der Waals surface area contributed by atoms with Crippen LogP contribution < -0.4 is 0 Å². The van der Waals surface area contributed by atoms with Crippen molar-refractivity contribution in [3.63, 3.8) is 0 Å². The number of imidazole rings is 1. The number of rotatable bonds is 6. The third-order valence-electron chi connectivity index (χ3n) is 2.86. The molecule has 1 unspecified atom stereocenters. The van der Waals surface area contributed by atoms with Crippen LogP contribution in [-0.4, -0.2) is 24.2 Å². The van der Waals surface area contributed by atoms with Gasteiger partial charge in [-0.25, -0.2) is 4.98 Å². The molecule has 2 aromatic rings. The number of aryl methyl sites for hydroxylation is 2.